The van der Waals surface area contributed by atoms with Gasteiger partial charge in [0.05, 0.1) is 38.3 Å². The van der Waals surface area contributed by atoms with Crippen molar-refractivity contribution in [2.45, 2.75) is 6.54 Å². The molecule has 1 N–H and O–H groups in total. The van der Waals surface area contributed by atoms with Gasteiger partial charge in [-0.1, -0.05) is 0 Å². The number of hydrogen-bond donors (Lipinski definition) is 1. The van der Waals surface area contributed by atoms with Crippen molar-refractivity contribution in [2.24, 2.45) is 7.05 Å². The van der Waals surface area contributed by atoms with Gasteiger partial charge in [-0.25, -0.2) is 18.6 Å². The van der Waals surface area contributed by atoms with Gasteiger partial charge >= 0.3 is 6.03 Å². The number of hydrogen-bond acceptors (Lipinski definition) is 5. The van der Waals surface area contributed by atoms with E-state index in [1.807, 2.05) is 0 Å². The molecule has 9 nitrogen and oxygen atoms in total. The molecule has 0 unspecified atom stereocenters. The number of anilines is 3. The monoisotopic (exact) mass is 440 g/mol. The predicted molar refractivity (Wildman–Crippen MR) is 112 cm³/mol. The van der Waals surface area contributed by atoms with E-state index in [9.17, 15) is 4.79 Å². The Bertz CT molecular complexity index is 1340. The summed E-state index contributed by atoms with van der Waals surface area (Å²) in [4.78, 5) is 23.5. The molecule has 0 bridgehead atoms. The first-order chi connectivity index (χ1) is 15.4. The number of pyridine rings is 1. The molecule has 164 valence electrons. The number of aryl methyl sites for hydroxylation is 1. The van der Waals surface area contributed by atoms with Crippen LogP contribution < -0.4 is 19.3 Å². The van der Waals surface area contributed by atoms with E-state index in [1.54, 1.807) is 31.7 Å². The number of nitrogens with one attached hydrogen (secondary N) is 1. The smallest absolute Gasteiger partial charge is 0.334 e. The third kappa shape index (κ3) is 2.77. The highest BCUT2D eigenvalue weighted by Gasteiger charge is 2.38. The normalized spacial score (nSPS) is 13.6. The number of carbonyl (C=O) groups is 1. The first-order valence-corrected chi connectivity index (χ1v) is 9.59. The SMILES string of the molecule is COc1cc(OC)c(F)c(N2Cc3cnc4[nH]ccc4c3N(c3cnn(C)c3)C2=O)c1F. The molecule has 0 spiro atoms. The molecular weight excluding hydrogens is 422 g/mol. The molecule has 0 fully saturated rings. The molecule has 5 rings (SSSR count). The van der Waals surface area contributed by atoms with Crippen LogP contribution in [-0.2, 0) is 13.6 Å². The Balaban J connectivity index is 1.77. The third-order valence-electron chi connectivity index (χ3n) is 5.38. The topological polar surface area (TPSA) is 88.5 Å². The van der Waals surface area contributed by atoms with Crippen molar-refractivity contribution in [2.75, 3.05) is 24.0 Å². The van der Waals surface area contributed by atoms with Crippen LogP contribution in [0.2, 0.25) is 0 Å². The van der Waals surface area contributed by atoms with Crippen molar-refractivity contribution < 1.29 is 23.0 Å². The summed E-state index contributed by atoms with van der Waals surface area (Å²) in [6.07, 6.45) is 6.43. The zero-order chi connectivity index (χ0) is 22.6. The summed E-state index contributed by atoms with van der Waals surface area (Å²) in [6.45, 7) is -0.108. The van der Waals surface area contributed by atoms with Gasteiger partial charge in [0.1, 0.15) is 11.3 Å². The minimum Gasteiger partial charge on any atom is -0.493 e. The van der Waals surface area contributed by atoms with E-state index in [1.165, 1.54) is 30.0 Å². The van der Waals surface area contributed by atoms with Crippen LogP contribution in [0.1, 0.15) is 5.56 Å². The van der Waals surface area contributed by atoms with Crippen LogP contribution in [-0.4, -0.2) is 40.0 Å². The highest BCUT2D eigenvalue weighted by atomic mass is 19.1. The second-order valence-electron chi connectivity index (χ2n) is 7.21. The van der Waals surface area contributed by atoms with Crippen LogP contribution in [0.15, 0.2) is 36.9 Å². The van der Waals surface area contributed by atoms with Gasteiger partial charge in [-0.3, -0.25) is 14.5 Å². The van der Waals surface area contributed by atoms with E-state index in [0.29, 0.717) is 28.0 Å². The van der Waals surface area contributed by atoms with Gasteiger partial charge in [0.2, 0.25) is 0 Å². The van der Waals surface area contributed by atoms with Gasteiger partial charge in [-0.15, -0.1) is 0 Å². The molecule has 11 heteroatoms. The number of methoxy groups -OCH3 is 2. The molecule has 4 aromatic rings. The number of rotatable bonds is 4. The highest BCUT2D eigenvalue weighted by Crippen LogP contribution is 2.44. The zero-order valence-corrected chi connectivity index (χ0v) is 17.4. The molecule has 2 amide bonds. The minimum atomic E-state index is -1.01. The maximum Gasteiger partial charge on any atom is 0.334 e. The largest absolute Gasteiger partial charge is 0.493 e. The number of fused-ring (bicyclic) bond motifs is 3. The molecule has 1 aliphatic rings. The van der Waals surface area contributed by atoms with Gasteiger partial charge < -0.3 is 14.5 Å². The number of halogens is 2. The van der Waals surface area contributed by atoms with E-state index in [-0.39, 0.29) is 18.0 Å². The van der Waals surface area contributed by atoms with Crippen LogP contribution in [0.25, 0.3) is 11.0 Å². The first-order valence-electron chi connectivity index (χ1n) is 9.59. The lowest BCUT2D eigenvalue weighted by Crippen LogP contribution is -2.45. The second-order valence-corrected chi connectivity index (χ2v) is 7.21. The first kappa shape index (κ1) is 19.8. The lowest BCUT2D eigenvalue weighted by atomic mass is 10.1. The third-order valence-corrected chi connectivity index (χ3v) is 5.38. The fraction of sp³-hybridized carbons (Fsp3) is 0.190. The molecule has 0 saturated heterocycles. The van der Waals surface area contributed by atoms with E-state index >= 15 is 8.78 Å². The molecule has 1 aromatic carbocycles. The summed E-state index contributed by atoms with van der Waals surface area (Å²) in [7, 11) is 4.21. The van der Waals surface area contributed by atoms with Gasteiger partial charge in [0.15, 0.2) is 23.1 Å². The van der Waals surface area contributed by atoms with E-state index in [0.717, 1.165) is 11.0 Å². The van der Waals surface area contributed by atoms with Gasteiger partial charge in [-0.05, 0) is 6.07 Å². The summed E-state index contributed by atoms with van der Waals surface area (Å²) in [6, 6.07) is 2.23. The number of amides is 2. The molecule has 4 heterocycles. The zero-order valence-electron chi connectivity index (χ0n) is 17.4. The number of aromatic nitrogens is 4. The second kappa shape index (κ2) is 7.22. The van der Waals surface area contributed by atoms with Crippen LogP contribution >= 0.6 is 0 Å². The van der Waals surface area contributed by atoms with Crippen LogP contribution in [0.3, 0.4) is 0 Å². The Morgan fingerprint density at radius 1 is 1.09 bits per heavy atom. The number of ether oxygens (including phenoxy) is 2. The average Bonchev–Trinajstić information content (AvgIpc) is 3.43. The summed E-state index contributed by atoms with van der Waals surface area (Å²) >= 11 is 0. The van der Waals surface area contributed by atoms with Crippen LogP contribution in [0, 0.1) is 11.6 Å². The lowest BCUT2D eigenvalue weighted by Gasteiger charge is -2.37. The van der Waals surface area contributed by atoms with E-state index in [2.05, 4.69) is 15.1 Å². The van der Waals surface area contributed by atoms with Crippen molar-refractivity contribution in [1.29, 1.82) is 0 Å². The number of carbonyl (C=O) groups excluding carboxylic acids is 1. The van der Waals surface area contributed by atoms with Crippen molar-refractivity contribution in [3.8, 4) is 11.5 Å². The Morgan fingerprint density at radius 2 is 1.81 bits per heavy atom. The number of urea groups is 1. The number of nitrogens with zero attached hydrogens (tertiary/aromatic N) is 5. The maximum atomic E-state index is 15.3. The van der Waals surface area contributed by atoms with E-state index in [4.69, 9.17) is 9.47 Å². The van der Waals surface area contributed by atoms with Gasteiger partial charge in [0.25, 0.3) is 0 Å². The summed E-state index contributed by atoms with van der Waals surface area (Å²) < 4.78 is 42.1. The summed E-state index contributed by atoms with van der Waals surface area (Å²) in [5.74, 6) is -2.51. The van der Waals surface area contributed by atoms with Crippen molar-refractivity contribution in [3.63, 3.8) is 0 Å². The molecular formula is C21H18F2N6O3. The molecule has 0 saturated carbocycles. The molecule has 0 radical (unpaired) electrons. The van der Waals surface area contributed by atoms with Crippen LogP contribution in [0.4, 0.5) is 30.6 Å². The number of benzene rings is 1. The van der Waals surface area contributed by atoms with E-state index < -0.39 is 23.4 Å². The molecule has 3 aromatic heterocycles. The number of H-pyrrole nitrogens is 1. The lowest BCUT2D eigenvalue weighted by molar-refractivity contribution is 0.251. The van der Waals surface area contributed by atoms with Crippen LogP contribution in [0.5, 0.6) is 11.5 Å². The Labute approximate surface area is 180 Å². The Hall–Kier alpha value is -4.15. The van der Waals surface area contributed by atoms with Gasteiger partial charge in [0, 0.05) is 42.7 Å². The maximum absolute atomic E-state index is 15.3. The fourth-order valence-electron chi connectivity index (χ4n) is 3.92. The quantitative estimate of drug-likeness (QED) is 0.521. The fourth-order valence-corrected chi connectivity index (χ4v) is 3.92. The number of aromatic amines is 1. The average molecular weight is 440 g/mol. The van der Waals surface area contributed by atoms with Crippen molar-refractivity contribution in [1.82, 2.24) is 19.7 Å². The van der Waals surface area contributed by atoms with Crippen molar-refractivity contribution >= 4 is 34.1 Å². The molecule has 0 aliphatic carbocycles. The van der Waals surface area contributed by atoms with Crippen molar-refractivity contribution in [3.05, 3.63) is 54.1 Å². The highest BCUT2D eigenvalue weighted by molar-refractivity contribution is 6.15. The standard InChI is InChI=1S/C21H18F2N6O3/c1-27-10-12(8-26-27)29-18-11(7-25-20-13(18)4-5-24-20)9-28(21(29)30)19-16(22)14(31-2)6-15(32-3)17(19)23/h4-8,10H,9H2,1-3H3,(H,24,25). The minimum absolute atomic E-state index is 0.108. The Kier molecular flexibility index (Phi) is 4.47. The Morgan fingerprint density at radius 3 is 2.44 bits per heavy atom. The van der Waals surface area contributed by atoms with Gasteiger partial charge in [-0.2, -0.15) is 5.10 Å². The molecule has 0 atom stereocenters. The summed E-state index contributed by atoms with van der Waals surface area (Å²) in [5, 5.41) is 4.84. The molecule has 1 aliphatic heterocycles. The predicted octanol–water partition coefficient (Wildman–Crippen LogP) is 3.87. The molecule has 32 heavy (non-hydrogen) atoms. The summed E-state index contributed by atoms with van der Waals surface area (Å²) in [5.41, 5.74) is 1.62.